The number of benzene rings is 1. The molecule has 108 valence electrons. The molecule has 2 aromatic rings. The van der Waals surface area contributed by atoms with Crippen LogP contribution < -0.4 is 10.6 Å². The second-order valence-electron chi connectivity index (χ2n) is 4.48. The average Bonchev–Trinajstić information content (AvgIpc) is 2.46. The Morgan fingerprint density at radius 2 is 2.10 bits per heavy atom. The van der Waals surface area contributed by atoms with Crippen LogP contribution in [0, 0.1) is 5.41 Å². The first kappa shape index (κ1) is 14.5. The van der Waals surface area contributed by atoms with E-state index >= 15 is 0 Å². The first-order valence-electron chi connectivity index (χ1n) is 6.35. The van der Waals surface area contributed by atoms with E-state index in [1.54, 1.807) is 31.3 Å². The van der Waals surface area contributed by atoms with Crippen LogP contribution in [-0.4, -0.2) is 28.8 Å². The Hall–Kier alpha value is -2.89. The molecular weight excluding hydrogens is 268 g/mol. The minimum absolute atomic E-state index is 0.0919. The van der Waals surface area contributed by atoms with E-state index in [-0.39, 0.29) is 17.4 Å². The van der Waals surface area contributed by atoms with Crippen molar-refractivity contribution in [1.82, 2.24) is 4.98 Å². The predicted octanol–water partition coefficient (Wildman–Crippen LogP) is 2.20. The number of aromatic hydroxyl groups is 1. The van der Waals surface area contributed by atoms with E-state index in [2.05, 4.69) is 15.6 Å². The lowest BCUT2D eigenvalue weighted by atomic mass is 10.0. The zero-order valence-corrected chi connectivity index (χ0v) is 11.8. The highest BCUT2D eigenvalue weighted by Crippen LogP contribution is 2.22. The van der Waals surface area contributed by atoms with Gasteiger partial charge in [0, 0.05) is 25.1 Å². The third kappa shape index (κ3) is 3.36. The maximum Gasteiger partial charge on any atom is 0.221 e. The van der Waals surface area contributed by atoms with Crippen LogP contribution in [0.2, 0.25) is 0 Å². The van der Waals surface area contributed by atoms with Gasteiger partial charge in [0.25, 0.3) is 0 Å². The SMILES string of the molecule is CNc1ncc(NC(C)=O)cc1C(=N)c1cccc(O)c1. The summed E-state index contributed by atoms with van der Waals surface area (Å²) in [7, 11) is 1.71. The molecule has 4 N–H and O–H groups in total. The summed E-state index contributed by atoms with van der Waals surface area (Å²) in [5.41, 5.74) is 1.82. The van der Waals surface area contributed by atoms with Gasteiger partial charge in [-0.2, -0.15) is 0 Å². The molecule has 0 bridgehead atoms. The molecule has 1 aromatic carbocycles. The van der Waals surface area contributed by atoms with Crippen LogP contribution in [0.3, 0.4) is 0 Å². The van der Waals surface area contributed by atoms with Crippen LogP contribution in [0.25, 0.3) is 0 Å². The van der Waals surface area contributed by atoms with E-state index in [1.165, 1.54) is 19.2 Å². The molecule has 1 heterocycles. The molecule has 1 aromatic heterocycles. The van der Waals surface area contributed by atoms with E-state index in [0.717, 1.165) is 0 Å². The summed E-state index contributed by atoms with van der Waals surface area (Å²) < 4.78 is 0. The van der Waals surface area contributed by atoms with Gasteiger partial charge < -0.3 is 15.7 Å². The normalized spacial score (nSPS) is 10.0. The average molecular weight is 284 g/mol. The summed E-state index contributed by atoms with van der Waals surface area (Å²) in [5.74, 6) is 0.413. The molecule has 6 nitrogen and oxygen atoms in total. The van der Waals surface area contributed by atoms with Crippen LogP contribution in [0.5, 0.6) is 5.75 Å². The molecule has 2 rings (SSSR count). The van der Waals surface area contributed by atoms with Crippen molar-refractivity contribution in [3.8, 4) is 5.75 Å². The number of phenolic OH excluding ortho intramolecular Hbond substituents is 1. The summed E-state index contributed by atoms with van der Waals surface area (Å²) in [6, 6.07) is 8.12. The fourth-order valence-corrected chi connectivity index (χ4v) is 1.94. The van der Waals surface area contributed by atoms with Gasteiger partial charge in [-0.1, -0.05) is 12.1 Å². The van der Waals surface area contributed by atoms with Crippen LogP contribution >= 0.6 is 0 Å². The lowest BCUT2D eigenvalue weighted by Crippen LogP contribution is -2.11. The monoisotopic (exact) mass is 284 g/mol. The standard InChI is InChI=1S/C15H16N4O2/c1-9(20)19-11-7-13(15(17-2)18-8-11)14(16)10-4-3-5-12(21)6-10/h3-8,16,21H,1-2H3,(H,17,18)(H,19,20). The number of aromatic nitrogens is 1. The highest BCUT2D eigenvalue weighted by Gasteiger charge is 2.12. The highest BCUT2D eigenvalue weighted by atomic mass is 16.3. The van der Waals surface area contributed by atoms with Crippen molar-refractivity contribution in [3.63, 3.8) is 0 Å². The van der Waals surface area contributed by atoms with Gasteiger partial charge in [0.15, 0.2) is 0 Å². The van der Waals surface area contributed by atoms with Gasteiger partial charge in [0.1, 0.15) is 11.6 Å². The number of nitrogens with one attached hydrogen (secondary N) is 3. The smallest absolute Gasteiger partial charge is 0.221 e. The van der Waals surface area contributed by atoms with Crippen molar-refractivity contribution < 1.29 is 9.90 Å². The second-order valence-corrected chi connectivity index (χ2v) is 4.48. The van der Waals surface area contributed by atoms with Gasteiger partial charge in [-0.15, -0.1) is 0 Å². The molecule has 0 aliphatic rings. The third-order valence-electron chi connectivity index (χ3n) is 2.85. The van der Waals surface area contributed by atoms with Gasteiger partial charge in [-0.25, -0.2) is 4.98 Å². The van der Waals surface area contributed by atoms with E-state index in [1.807, 2.05) is 0 Å². The van der Waals surface area contributed by atoms with Gasteiger partial charge in [0.05, 0.1) is 17.6 Å². The molecule has 0 atom stereocenters. The zero-order valence-electron chi connectivity index (χ0n) is 11.8. The number of pyridine rings is 1. The predicted molar refractivity (Wildman–Crippen MR) is 82.1 cm³/mol. The Kier molecular flexibility index (Phi) is 4.18. The Labute approximate surface area is 122 Å². The van der Waals surface area contributed by atoms with Crippen LogP contribution in [-0.2, 0) is 4.79 Å². The number of nitrogens with zero attached hydrogens (tertiary/aromatic N) is 1. The summed E-state index contributed by atoms with van der Waals surface area (Å²) in [6.45, 7) is 1.41. The molecule has 21 heavy (non-hydrogen) atoms. The number of carbonyl (C=O) groups excluding carboxylic acids is 1. The minimum Gasteiger partial charge on any atom is -0.508 e. The van der Waals surface area contributed by atoms with Gasteiger partial charge >= 0.3 is 0 Å². The number of hydrogen-bond acceptors (Lipinski definition) is 5. The topological polar surface area (TPSA) is 98.1 Å². The Morgan fingerprint density at radius 1 is 1.33 bits per heavy atom. The van der Waals surface area contributed by atoms with E-state index < -0.39 is 0 Å². The number of phenols is 1. The molecule has 1 amide bonds. The molecule has 0 saturated carbocycles. The Balaban J connectivity index is 2.45. The van der Waals surface area contributed by atoms with Gasteiger partial charge in [0.2, 0.25) is 5.91 Å². The van der Waals surface area contributed by atoms with Gasteiger partial charge in [-0.3, -0.25) is 10.2 Å². The summed E-state index contributed by atoms with van der Waals surface area (Å²) >= 11 is 0. The van der Waals surface area contributed by atoms with E-state index in [4.69, 9.17) is 5.41 Å². The molecule has 0 radical (unpaired) electrons. The third-order valence-corrected chi connectivity index (χ3v) is 2.85. The molecule has 0 saturated heterocycles. The van der Waals surface area contributed by atoms with Crippen molar-refractivity contribution in [3.05, 3.63) is 47.7 Å². The maximum atomic E-state index is 11.1. The zero-order chi connectivity index (χ0) is 15.4. The Bertz CT molecular complexity index is 698. The fraction of sp³-hybridized carbons (Fsp3) is 0.133. The molecule has 0 spiro atoms. The van der Waals surface area contributed by atoms with Crippen molar-refractivity contribution >= 4 is 23.1 Å². The fourth-order valence-electron chi connectivity index (χ4n) is 1.94. The quantitative estimate of drug-likeness (QED) is 0.647. The number of rotatable bonds is 4. The first-order chi connectivity index (χ1) is 10.0. The molecule has 0 aliphatic carbocycles. The van der Waals surface area contributed by atoms with Crippen molar-refractivity contribution in [2.45, 2.75) is 6.92 Å². The van der Waals surface area contributed by atoms with Crippen LogP contribution in [0.1, 0.15) is 18.1 Å². The highest BCUT2D eigenvalue weighted by molar-refractivity contribution is 6.14. The van der Waals surface area contributed by atoms with Crippen molar-refractivity contribution in [1.29, 1.82) is 5.41 Å². The Morgan fingerprint density at radius 3 is 2.71 bits per heavy atom. The first-order valence-corrected chi connectivity index (χ1v) is 6.35. The number of hydrogen-bond donors (Lipinski definition) is 4. The summed E-state index contributed by atoms with van der Waals surface area (Å²) in [5, 5.41) is 23.4. The van der Waals surface area contributed by atoms with Crippen molar-refractivity contribution in [2.24, 2.45) is 0 Å². The summed E-state index contributed by atoms with van der Waals surface area (Å²) in [6.07, 6.45) is 1.52. The van der Waals surface area contributed by atoms with Gasteiger partial charge in [-0.05, 0) is 18.2 Å². The van der Waals surface area contributed by atoms with Crippen LogP contribution in [0.15, 0.2) is 36.5 Å². The van der Waals surface area contributed by atoms with Crippen LogP contribution in [0.4, 0.5) is 11.5 Å². The van der Waals surface area contributed by atoms with Crippen molar-refractivity contribution in [2.75, 3.05) is 17.7 Å². The number of anilines is 2. The summed E-state index contributed by atoms with van der Waals surface area (Å²) in [4.78, 5) is 15.3. The van der Waals surface area contributed by atoms with E-state index in [9.17, 15) is 9.90 Å². The lowest BCUT2D eigenvalue weighted by Gasteiger charge is -2.12. The molecular formula is C15H16N4O2. The van der Waals surface area contributed by atoms with E-state index in [0.29, 0.717) is 22.6 Å². The maximum absolute atomic E-state index is 11.1. The minimum atomic E-state index is -0.205. The number of carbonyl (C=O) groups is 1. The second kappa shape index (κ2) is 6.04. The lowest BCUT2D eigenvalue weighted by molar-refractivity contribution is -0.114. The molecule has 0 unspecified atom stereocenters. The largest absolute Gasteiger partial charge is 0.508 e. The molecule has 0 aliphatic heterocycles. The number of amides is 1. The molecule has 0 fully saturated rings. The molecule has 6 heteroatoms.